The minimum absolute atomic E-state index is 0.142. The molecule has 7 heteroatoms. The number of rotatable bonds is 5. The molecule has 0 fully saturated rings. The molecule has 4 aromatic rings. The predicted molar refractivity (Wildman–Crippen MR) is 112 cm³/mol. The van der Waals surface area contributed by atoms with E-state index in [4.69, 9.17) is 11.6 Å². The number of halogens is 1. The number of benzene rings is 3. The van der Waals surface area contributed by atoms with Crippen LogP contribution in [0.5, 0.6) is 0 Å². The summed E-state index contributed by atoms with van der Waals surface area (Å²) in [5.41, 5.74) is 1.84. The Morgan fingerprint density at radius 2 is 1.72 bits per heavy atom. The Labute approximate surface area is 171 Å². The fraction of sp³-hybridized carbons (Fsp3) is 0.0909. The van der Waals surface area contributed by atoms with E-state index >= 15 is 0 Å². The number of nitro groups is 1. The van der Waals surface area contributed by atoms with Crippen molar-refractivity contribution < 1.29 is 4.92 Å². The van der Waals surface area contributed by atoms with Crippen molar-refractivity contribution in [3.05, 3.63) is 115 Å². The summed E-state index contributed by atoms with van der Waals surface area (Å²) >= 11 is 6.35. The van der Waals surface area contributed by atoms with Gasteiger partial charge in [0.2, 0.25) is 0 Å². The van der Waals surface area contributed by atoms with Gasteiger partial charge >= 0.3 is 0 Å². The molecule has 29 heavy (non-hydrogen) atoms. The third kappa shape index (κ3) is 3.88. The summed E-state index contributed by atoms with van der Waals surface area (Å²) in [6.45, 7) is 0.392. The lowest BCUT2D eigenvalue weighted by molar-refractivity contribution is -0.384. The van der Waals surface area contributed by atoms with Crippen molar-refractivity contribution >= 4 is 28.2 Å². The molecule has 3 aromatic carbocycles. The molecule has 4 rings (SSSR count). The number of aromatic nitrogens is 2. The quantitative estimate of drug-likeness (QED) is 0.359. The Morgan fingerprint density at radius 1 is 1.00 bits per heavy atom. The first kappa shape index (κ1) is 18.8. The molecule has 0 unspecified atom stereocenters. The first-order valence-electron chi connectivity index (χ1n) is 8.98. The largest absolute Gasteiger partial charge is 0.324 e. The number of nitro benzene ring substituents is 1. The first-order chi connectivity index (χ1) is 14.0. The summed E-state index contributed by atoms with van der Waals surface area (Å²) in [7, 11) is 0. The third-order valence-corrected chi connectivity index (χ3v) is 5.11. The predicted octanol–water partition coefficient (Wildman–Crippen LogP) is 4.60. The van der Waals surface area contributed by atoms with E-state index in [-0.39, 0.29) is 11.1 Å². The van der Waals surface area contributed by atoms with Gasteiger partial charge in [0, 0.05) is 23.6 Å². The van der Waals surface area contributed by atoms with E-state index in [0.717, 1.165) is 11.1 Å². The minimum atomic E-state index is -0.519. The number of non-ortho nitro benzene ring substituents is 1. The fourth-order valence-corrected chi connectivity index (χ4v) is 3.50. The van der Waals surface area contributed by atoms with Gasteiger partial charge in [-0.25, -0.2) is 0 Å². The van der Waals surface area contributed by atoms with Crippen LogP contribution in [0.2, 0.25) is 5.02 Å². The maximum atomic E-state index is 12.7. The van der Waals surface area contributed by atoms with Gasteiger partial charge < -0.3 is 4.57 Å². The summed E-state index contributed by atoms with van der Waals surface area (Å²) in [5.74, 6) is 0.572. The Hall–Kier alpha value is -3.51. The summed E-state index contributed by atoms with van der Waals surface area (Å²) in [6.07, 6.45) is 0.452. The van der Waals surface area contributed by atoms with E-state index in [9.17, 15) is 14.9 Å². The molecular formula is C22H16ClN3O3. The van der Waals surface area contributed by atoms with Gasteiger partial charge in [-0.2, -0.15) is 4.98 Å². The number of nitrogens with zero attached hydrogens (tertiary/aromatic N) is 3. The van der Waals surface area contributed by atoms with Gasteiger partial charge in [0.15, 0.2) is 0 Å². The van der Waals surface area contributed by atoms with Crippen LogP contribution in [-0.4, -0.2) is 14.5 Å². The second-order valence-electron chi connectivity index (χ2n) is 6.63. The lowest BCUT2D eigenvalue weighted by Gasteiger charge is -2.17. The monoisotopic (exact) mass is 405 g/mol. The second kappa shape index (κ2) is 7.85. The van der Waals surface area contributed by atoms with Crippen LogP contribution >= 0.6 is 11.6 Å². The smallest absolute Gasteiger partial charge is 0.281 e. The highest BCUT2D eigenvalue weighted by molar-refractivity contribution is 6.31. The Kier molecular flexibility index (Phi) is 5.10. The third-order valence-electron chi connectivity index (χ3n) is 4.75. The molecule has 0 aliphatic carbocycles. The van der Waals surface area contributed by atoms with Gasteiger partial charge in [-0.3, -0.25) is 14.9 Å². The molecule has 0 radical (unpaired) electrons. The van der Waals surface area contributed by atoms with Crippen LogP contribution in [0.25, 0.3) is 10.9 Å². The van der Waals surface area contributed by atoms with Gasteiger partial charge in [0.05, 0.1) is 22.4 Å². The molecule has 0 atom stereocenters. The fourth-order valence-electron chi connectivity index (χ4n) is 3.31. The van der Waals surface area contributed by atoms with E-state index in [2.05, 4.69) is 4.98 Å². The van der Waals surface area contributed by atoms with E-state index in [1.54, 1.807) is 12.1 Å². The van der Waals surface area contributed by atoms with Crippen LogP contribution in [0, 0.1) is 10.1 Å². The number of fused-ring (bicyclic) bond motifs is 1. The summed E-state index contributed by atoms with van der Waals surface area (Å²) in [4.78, 5) is 27.6. The van der Waals surface area contributed by atoms with Crippen molar-refractivity contribution in [2.24, 2.45) is 0 Å². The molecule has 144 valence electrons. The highest BCUT2D eigenvalue weighted by atomic mass is 35.5. The highest BCUT2D eigenvalue weighted by Crippen LogP contribution is 2.23. The maximum Gasteiger partial charge on any atom is 0.281 e. The van der Waals surface area contributed by atoms with Gasteiger partial charge in [0.25, 0.3) is 11.2 Å². The van der Waals surface area contributed by atoms with Crippen molar-refractivity contribution in [1.82, 2.24) is 9.55 Å². The lowest BCUT2D eigenvalue weighted by Crippen LogP contribution is -2.20. The molecular weight excluding hydrogens is 390 g/mol. The Morgan fingerprint density at radius 3 is 2.45 bits per heavy atom. The zero-order chi connectivity index (χ0) is 20.4. The maximum absolute atomic E-state index is 12.7. The van der Waals surface area contributed by atoms with E-state index < -0.39 is 10.5 Å². The molecule has 0 spiro atoms. The normalized spacial score (nSPS) is 10.9. The molecule has 1 aromatic heterocycles. The van der Waals surface area contributed by atoms with Crippen molar-refractivity contribution in [1.29, 1.82) is 0 Å². The van der Waals surface area contributed by atoms with Crippen LogP contribution < -0.4 is 5.56 Å². The lowest BCUT2D eigenvalue weighted by atomic mass is 10.1. The standard InChI is InChI=1S/C22H16ClN3O3/c23-19-9-5-4-8-16(19)14-25-20-11-10-17(26(28)29)13-18(20)22(27)24-21(25)12-15-6-2-1-3-7-15/h1-11,13H,12,14H2. The van der Waals surface area contributed by atoms with Crippen molar-refractivity contribution in [3.63, 3.8) is 0 Å². The molecule has 0 saturated heterocycles. The first-order valence-corrected chi connectivity index (χ1v) is 9.36. The molecule has 0 saturated carbocycles. The number of hydrogen-bond donors (Lipinski definition) is 0. The Bertz CT molecular complexity index is 1270. The van der Waals surface area contributed by atoms with Crippen LogP contribution in [0.15, 0.2) is 77.6 Å². The van der Waals surface area contributed by atoms with Crippen molar-refractivity contribution in [2.45, 2.75) is 13.0 Å². The van der Waals surface area contributed by atoms with Gasteiger partial charge in [0.1, 0.15) is 5.82 Å². The molecule has 0 bridgehead atoms. The average molecular weight is 406 g/mol. The van der Waals surface area contributed by atoms with E-state index in [1.165, 1.54) is 12.1 Å². The molecule has 0 amide bonds. The van der Waals surface area contributed by atoms with E-state index in [1.807, 2.05) is 53.1 Å². The van der Waals surface area contributed by atoms with E-state index in [0.29, 0.717) is 29.3 Å². The molecule has 1 heterocycles. The topological polar surface area (TPSA) is 78.0 Å². The van der Waals surface area contributed by atoms with Crippen LogP contribution in [0.3, 0.4) is 0 Å². The second-order valence-corrected chi connectivity index (χ2v) is 7.04. The summed E-state index contributed by atoms with van der Waals surface area (Å²) in [5, 5.41) is 12.0. The SMILES string of the molecule is O=c1nc(Cc2ccccc2)n(Cc2ccccc2Cl)c2ccc([N+](=O)[O-])cc12. The van der Waals surface area contributed by atoms with Crippen LogP contribution in [-0.2, 0) is 13.0 Å². The zero-order valence-corrected chi connectivity index (χ0v) is 16.0. The van der Waals surface area contributed by atoms with Gasteiger partial charge in [-0.05, 0) is 23.3 Å². The molecule has 6 nitrogen and oxygen atoms in total. The van der Waals surface area contributed by atoms with Gasteiger partial charge in [-0.1, -0.05) is 60.1 Å². The molecule has 0 N–H and O–H groups in total. The van der Waals surface area contributed by atoms with Gasteiger partial charge in [-0.15, -0.1) is 0 Å². The highest BCUT2D eigenvalue weighted by Gasteiger charge is 2.16. The zero-order valence-electron chi connectivity index (χ0n) is 15.3. The van der Waals surface area contributed by atoms with Crippen molar-refractivity contribution in [3.8, 4) is 0 Å². The molecule has 0 aliphatic rings. The number of hydrogen-bond acceptors (Lipinski definition) is 4. The average Bonchev–Trinajstić information content (AvgIpc) is 2.72. The minimum Gasteiger partial charge on any atom is -0.324 e. The van der Waals surface area contributed by atoms with Crippen LogP contribution in [0.4, 0.5) is 5.69 Å². The van der Waals surface area contributed by atoms with Crippen molar-refractivity contribution in [2.75, 3.05) is 0 Å². The molecule has 0 aliphatic heterocycles. The Balaban J connectivity index is 1.93. The van der Waals surface area contributed by atoms with Crippen LogP contribution in [0.1, 0.15) is 17.0 Å². The summed E-state index contributed by atoms with van der Waals surface area (Å²) < 4.78 is 1.90. The summed E-state index contributed by atoms with van der Waals surface area (Å²) in [6, 6.07) is 21.4.